The number of aliphatic hydroxyl groups is 1. The first-order valence-corrected chi connectivity index (χ1v) is 10.9. The number of nitrogens with one attached hydrogen (secondary N) is 3. The number of benzene rings is 1. The third-order valence-electron chi connectivity index (χ3n) is 6.07. The van der Waals surface area contributed by atoms with Crippen molar-refractivity contribution < 1.29 is 24.2 Å². The molecule has 0 radical (unpaired) electrons. The molecular formula is C22H33ClN4O5. The van der Waals surface area contributed by atoms with Gasteiger partial charge in [-0.2, -0.15) is 0 Å². The lowest BCUT2D eigenvalue weighted by Crippen LogP contribution is -2.55. The summed E-state index contributed by atoms with van der Waals surface area (Å²) in [6.07, 6.45) is 2.70. The zero-order valence-electron chi connectivity index (χ0n) is 18.0. The van der Waals surface area contributed by atoms with E-state index in [1.807, 2.05) is 30.3 Å². The lowest BCUT2D eigenvalue weighted by Gasteiger charge is -2.27. The number of ether oxygens (including phenoxy) is 1. The molecule has 0 aromatic heterocycles. The fourth-order valence-corrected chi connectivity index (χ4v) is 4.38. The quantitative estimate of drug-likeness (QED) is 0.306. The summed E-state index contributed by atoms with van der Waals surface area (Å²) in [5, 5.41) is 18.9. The Balaban J connectivity index is 0.00000363. The molecule has 1 aliphatic carbocycles. The van der Waals surface area contributed by atoms with Gasteiger partial charge in [0, 0.05) is 12.6 Å². The number of nitrogens with two attached hydrogens (primary N) is 1. The minimum absolute atomic E-state index is 0. The first-order chi connectivity index (χ1) is 14.9. The average molecular weight is 469 g/mol. The highest BCUT2D eigenvalue weighted by molar-refractivity contribution is 5.85. The maximum atomic E-state index is 12.6. The summed E-state index contributed by atoms with van der Waals surface area (Å²) in [4.78, 5) is 35.9. The van der Waals surface area contributed by atoms with Gasteiger partial charge in [-0.25, -0.2) is 4.79 Å². The Labute approximate surface area is 194 Å². The van der Waals surface area contributed by atoms with Crippen molar-refractivity contribution in [3.63, 3.8) is 0 Å². The number of carbonyl (C=O) groups is 3. The van der Waals surface area contributed by atoms with Gasteiger partial charge in [0.05, 0.1) is 12.1 Å². The van der Waals surface area contributed by atoms with E-state index in [1.54, 1.807) is 0 Å². The molecule has 10 heteroatoms. The first kappa shape index (κ1) is 25.9. The number of halogens is 1. The minimum Gasteiger partial charge on any atom is -0.445 e. The van der Waals surface area contributed by atoms with Crippen LogP contribution in [0.3, 0.4) is 0 Å². The zero-order valence-corrected chi connectivity index (χ0v) is 18.8. The monoisotopic (exact) mass is 468 g/mol. The molecule has 1 saturated heterocycles. The number of piperidine rings is 1. The Morgan fingerprint density at radius 2 is 1.94 bits per heavy atom. The van der Waals surface area contributed by atoms with Crippen molar-refractivity contribution in [2.45, 2.75) is 69.4 Å². The van der Waals surface area contributed by atoms with Crippen LogP contribution in [0.5, 0.6) is 0 Å². The molecule has 0 spiro atoms. The van der Waals surface area contributed by atoms with Crippen molar-refractivity contribution in [2.24, 2.45) is 11.7 Å². The molecule has 9 nitrogen and oxygen atoms in total. The van der Waals surface area contributed by atoms with Crippen molar-refractivity contribution in [2.75, 3.05) is 6.54 Å². The highest BCUT2D eigenvalue weighted by Gasteiger charge is 2.43. The second-order valence-corrected chi connectivity index (χ2v) is 8.36. The van der Waals surface area contributed by atoms with Crippen molar-refractivity contribution in [3.8, 4) is 0 Å². The van der Waals surface area contributed by atoms with Crippen molar-refractivity contribution >= 4 is 30.3 Å². The number of amides is 3. The maximum absolute atomic E-state index is 12.6. The molecular weight excluding hydrogens is 436 g/mol. The van der Waals surface area contributed by atoms with Crippen LogP contribution in [0.15, 0.2) is 30.3 Å². The standard InChI is InChI=1S/C22H32N4O5.ClH/c23-20(28)19(27)17(26-21(29)18-15-9-10-16(12-15)25-18)8-4-5-11-24-22(30)31-13-14-6-2-1-3-7-14;/h1-3,6-7,15-19,25,27H,4-5,8-13H2,(H2,23,28)(H,24,30)(H,26,29);1H/t15?,16?,17?,18-,19?;/m0./s1. The molecule has 4 unspecified atom stereocenters. The molecule has 5 atom stereocenters. The van der Waals surface area contributed by atoms with E-state index in [9.17, 15) is 19.5 Å². The number of carbonyl (C=O) groups excluding carboxylic acids is 3. The molecule has 3 amide bonds. The largest absolute Gasteiger partial charge is 0.445 e. The number of fused-ring (bicyclic) bond motifs is 2. The van der Waals surface area contributed by atoms with Gasteiger partial charge in [0.1, 0.15) is 6.61 Å². The summed E-state index contributed by atoms with van der Waals surface area (Å²) in [5.41, 5.74) is 6.15. The number of aliphatic hydroxyl groups excluding tert-OH is 1. The van der Waals surface area contributed by atoms with Crippen LogP contribution in [0.4, 0.5) is 4.79 Å². The lowest BCUT2D eigenvalue weighted by atomic mass is 9.97. The van der Waals surface area contributed by atoms with Gasteiger partial charge in [-0.05, 0) is 50.0 Å². The van der Waals surface area contributed by atoms with E-state index in [1.165, 1.54) is 0 Å². The highest BCUT2D eigenvalue weighted by atomic mass is 35.5. The Morgan fingerprint density at radius 1 is 1.19 bits per heavy atom. The van der Waals surface area contributed by atoms with Crippen LogP contribution >= 0.6 is 12.4 Å². The number of primary amides is 1. The fraction of sp³-hybridized carbons (Fsp3) is 0.591. The van der Waals surface area contributed by atoms with Gasteiger partial charge < -0.3 is 31.5 Å². The van der Waals surface area contributed by atoms with E-state index in [-0.39, 0.29) is 31.0 Å². The van der Waals surface area contributed by atoms with Gasteiger partial charge in [0.15, 0.2) is 6.10 Å². The summed E-state index contributed by atoms with van der Waals surface area (Å²) in [7, 11) is 0. The first-order valence-electron chi connectivity index (χ1n) is 10.9. The molecule has 2 bridgehead atoms. The molecule has 3 rings (SSSR count). The van der Waals surface area contributed by atoms with Crippen LogP contribution in [0, 0.1) is 5.92 Å². The molecule has 1 heterocycles. The molecule has 6 N–H and O–H groups in total. The van der Waals surface area contributed by atoms with Gasteiger partial charge in [-0.1, -0.05) is 30.3 Å². The summed E-state index contributed by atoms with van der Waals surface area (Å²) < 4.78 is 5.14. The van der Waals surface area contributed by atoms with Crippen molar-refractivity contribution in [1.29, 1.82) is 0 Å². The van der Waals surface area contributed by atoms with Crippen LogP contribution < -0.4 is 21.7 Å². The Kier molecular flexibility index (Phi) is 10.2. The van der Waals surface area contributed by atoms with Gasteiger partial charge in [0.25, 0.3) is 0 Å². The number of hydrogen-bond acceptors (Lipinski definition) is 6. The SMILES string of the molecule is Cl.NC(=O)C(O)C(CCCCNC(=O)OCc1ccccc1)NC(=O)[C@H]1NC2CCC1C2. The van der Waals surface area contributed by atoms with Gasteiger partial charge in [-0.15, -0.1) is 12.4 Å². The molecule has 1 aromatic carbocycles. The van der Waals surface area contributed by atoms with Crippen LogP contribution in [0.2, 0.25) is 0 Å². The molecule has 2 aliphatic rings. The van der Waals surface area contributed by atoms with Gasteiger partial charge in [-0.3, -0.25) is 9.59 Å². The number of unbranched alkanes of at least 4 members (excludes halogenated alkanes) is 1. The minimum atomic E-state index is -1.45. The predicted octanol–water partition coefficient (Wildman–Crippen LogP) is 0.976. The summed E-state index contributed by atoms with van der Waals surface area (Å²) in [6, 6.07) is 8.74. The maximum Gasteiger partial charge on any atom is 0.407 e. The molecule has 1 aromatic rings. The number of hydrogen-bond donors (Lipinski definition) is 5. The molecule has 32 heavy (non-hydrogen) atoms. The van der Waals surface area contributed by atoms with Crippen LogP contribution in [0.1, 0.15) is 44.1 Å². The molecule has 2 fully saturated rings. The second-order valence-electron chi connectivity index (χ2n) is 8.36. The van der Waals surface area contributed by atoms with Crippen LogP contribution in [0.25, 0.3) is 0 Å². The highest BCUT2D eigenvalue weighted by Crippen LogP contribution is 2.35. The Hall–Kier alpha value is -2.36. The summed E-state index contributed by atoms with van der Waals surface area (Å²) >= 11 is 0. The van der Waals surface area contributed by atoms with E-state index in [4.69, 9.17) is 10.5 Å². The van der Waals surface area contributed by atoms with E-state index in [2.05, 4.69) is 16.0 Å². The summed E-state index contributed by atoms with van der Waals surface area (Å²) in [5.74, 6) is -0.753. The van der Waals surface area contributed by atoms with Crippen molar-refractivity contribution in [3.05, 3.63) is 35.9 Å². The van der Waals surface area contributed by atoms with Gasteiger partial charge >= 0.3 is 6.09 Å². The van der Waals surface area contributed by atoms with E-state index >= 15 is 0 Å². The van der Waals surface area contributed by atoms with Crippen LogP contribution in [-0.2, 0) is 20.9 Å². The van der Waals surface area contributed by atoms with Crippen LogP contribution in [-0.4, -0.2) is 53.8 Å². The average Bonchev–Trinajstić information content (AvgIpc) is 3.40. The lowest BCUT2D eigenvalue weighted by molar-refractivity contribution is -0.130. The fourth-order valence-electron chi connectivity index (χ4n) is 4.38. The van der Waals surface area contributed by atoms with E-state index in [0.717, 1.165) is 24.8 Å². The number of alkyl carbamates (subject to hydrolysis) is 1. The van der Waals surface area contributed by atoms with E-state index < -0.39 is 24.1 Å². The Bertz CT molecular complexity index is 766. The zero-order chi connectivity index (χ0) is 22.2. The predicted molar refractivity (Wildman–Crippen MR) is 121 cm³/mol. The molecule has 1 aliphatic heterocycles. The van der Waals surface area contributed by atoms with E-state index in [0.29, 0.717) is 37.8 Å². The summed E-state index contributed by atoms with van der Waals surface area (Å²) in [6.45, 7) is 0.581. The normalized spacial score (nSPS) is 23.0. The molecule has 178 valence electrons. The smallest absolute Gasteiger partial charge is 0.407 e. The topological polar surface area (TPSA) is 143 Å². The third-order valence-corrected chi connectivity index (χ3v) is 6.07. The second kappa shape index (κ2) is 12.6. The van der Waals surface area contributed by atoms with Crippen molar-refractivity contribution in [1.82, 2.24) is 16.0 Å². The molecule has 1 saturated carbocycles. The Morgan fingerprint density at radius 3 is 2.56 bits per heavy atom. The van der Waals surface area contributed by atoms with Gasteiger partial charge in [0.2, 0.25) is 11.8 Å². The number of rotatable bonds is 11. The third kappa shape index (κ3) is 7.36.